The smallest absolute Gasteiger partial charge is 0.159 e. The molecule has 1 unspecified atom stereocenters. The van der Waals surface area contributed by atoms with Crippen molar-refractivity contribution < 1.29 is 14.3 Å². The number of aliphatic hydroxyl groups excluding tert-OH is 1. The Bertz CT molecular complexity index is 915. The van der Waals surface area contributed by atoms with Crippen LogP contribution in [0.15, 0.2) is 51.9 Å². The van der Waals surface area contributed by atoms with Gasteiger partial charge in [0.05, 0.1) is 23.2 Å². The Labute approximate surface area is 138 Å². The van der Waals surface area contributed by atoms with Gasteiger partial charge >= 0.3 is 0 Å². The van der Waals surface area contributed by atoms with Crippen LogP contribution >= 0.6 is 11.6 Å². The first kappa shape index (κ1) is 14.3. The molecule has 2 heterocycles. The monoisotopic (exact) mass is 327 g/mol. The summed E-state index contributed by atoms with van der Waals surface area (Å²) in [6.45, 7) is 0. The number of ether oxygens (including phenoxy) is 1. The Morgan fingerprint density at radius 1 is 1.22 bits per heavy atom. The molecule has 2 aromatic carbocycles. The predicted octanol–water partition coefficient (Wildman–Crippen LogP) is 4.65. The van der Waals surface area contributed by atoms with Gasteiger partial charge in [-0.25, -0.2) is 4.99 Å². The summed E-state index contributed by atoms with van der Waals surface area (Å²) >= 11 is 6.43. The molecule has 23 heavy (non-hydrogen) atoms. The molecule has 0 spiro atoms. The molecule has 1 aliphatic heterocycles. The van der Waals surface area contributed by atoms with Crippen molar-refractivity contribution in [2.75, 3.05) is 7.11 Å². The van der Waals surface area contributed by atoms with E-state index in [-0.39, 0.29) is 0 Å². The van der Waals surface area contributed by atoms with Gasteiger partial charge in [-0.3, -0.25) is 0 Å². The van der Waals surface area contributed by atoms with E-state index in [9.17, 15) is 5.11 Å². The van der Waals surface area contributed by atoms with E-state index in [2.05, 4.69) is 0 Å². The van der Waals surface area contributed by atoms with Crippen LogP contribution in [0, 0.1) is 0 Å². The number of aliphatic imine (C=N–C) groups is 1. The van der Waals surface area contributed by atoms with Gasteiger partial charge in [-0.05, 0) is 17.7 Å². The Balaban J connectivity index is 1.97. The number of methoxy groups -OCH3 is 1. The minimum Gasteiger partial charge on any atom is -0.495 e. The van der Waals surface area contributed by atoms with Crippen LogP contribution < -0.4 is 4.74 Å². The quantitative estimate of drug-likeness (QED) is 0.745. The molecule has 0 radical (unpaired) electrons. The van der Waals surface area contributed by atoms with E-state index in [1.54, 1.807) is 19.2 Å². The lowest BCUT2D eigenvalue weighted by molar-refractivity contribution is 0.159. The van der Waals surface area contributed by atoms with Crippen LogP contribution in [0.5, 0.6) is 5.75 Å². The number of nitrogens with zero attached hydrogens (tertiary/aromatic N) is 1. The summed E-state index contributed by atoms with van der Waals surface area (Å²) < 4.78 is 11.0. The number of hydrogen-bond donors (Lipinski definition) is 1. The second-order valence-electron chi connectivity index (χ2n) is 5.41. The highest BCUT2D eigenvalue weighted by molar-refractivity contribution is 6.38. The highest BCUT2D eigenvalue weighted by Gasteiger charge is 2.29. The van der Waals surface area contributed by atoms with E-state index < -0.39 is 6.10 Å². The highest BCUT2D eigenvalue weighted by Crippen LogP contribution is 2.47. The third-order valence-corrected chi connectivity index (χ3v) is 4.40. The lowest BCUT2D eigenvalue weighted by Gasteiger charge is -2.17. The predicted molar refractivity (Wildman–Crippen MR) is 90.0 cm³/mol. The maximum atomic E-state index is 10.5. The Morgan fingerprint density at radius 3 is 2.74 bits per heavy atom. The molecule has 1 atom stereocenters. The third-order valence-electron chi connectivity index (χ3n) is 4.02. The summed E-state index contributed by atoms with van der Waals surface area (Å²) in [5.74, 6) is 1.01. The van der Waals surface area contributed by atoms with Crippen LogP contribution in [0.4, 0.5) is 5.69 Å². The number of aliphatic hydroxyl groups is 1. The fourth-order valence-corrected chi connectivity index (χ4v) is 3.22. The molecule has 0 amide bonds. The summed E-state index contributed by atoms with van der Waals surface area (Å²) in [6.07, 6.45) is -0.335. The number of halogens is 1. The van der Waals surface area contributed by atoms with Crippen molar-refractivity contribution in [3.8, 4) is 5.75 Å². The molecular formula is C18H14ClNO3. The fraction of sp³-hybridized carbons (Fsp3) is 0.167. The molecule has 1 aliphatic rings. The fourth-order valence-electron chi connectivity index (χ4n) is 2.90. The molecule has 0 fully saturated rings. The van der Waals surface area contributed by atoms with Crippen molar-refractivity contribution in [2.24, 2.45) is 4.99 Å². The van der Waals surface area contributed by atoms with Gasteiger partial charge in [-0.15, -0.1) is 0 Å². The van der Waals surface area contributed by atoms with Crippen LogP contribution in [0.3, 0.4) is 0 Å². The molecule has 4 nitrogen and oxygen atoms in total. The lowest BCUT2D eigenvalue weighted by atomic mass is 9.99. The van der Waals surface area contributed by atoms with Gasteiger partial charge in [0.1, 0.15) is 23.1 Å². The van der Waals surface area contributed by atoms with Gasteiger partial charge in [0.2, 0.25) is 0 Å². The zero-order valence-corrected chi connectivity index (χ0v) is 13.2. The average molecular weight is 328 g/mol. The molecule has 0 aliphatic carbocycles. The zero-order chi connectivity index (χ0) is 16.0. The summed E-state index contributed by atoms with van der Waals surface area (Å²) in [5, 5.41) is 11.6. The van der Waals surface area contributed by atoms with E-state index in [0.29, 0.717) is 39.6 Å². The molecule has 0 bridgehead atoms. The van der Waals surface area contributed by atoms with E-state index in [1.807, 2.05) is 30.3 Å². The first-order valence-electron chi connectivity index (χ1n) is 7.29. The number of rotatable bonds is 2. The summed E-state index contributed by atoms with van der Waals surface area (Å²) in [6, 6.07) is 13.3. The van der Waals surface area contributed by atoms with Crippen molar-refractivity contribution in [1.29, 1.82) is 0 Å². The first-order chi connectivity index (χ1) is 11.2. The average Bonchev–Trinajstić information content (AvgIpc) is 2.96. The minimum atomic E-state index is -0.743. The van der Waals surface area contributed by atoms with Crippen LogP contribution in [-0.2, 0) is 0 Å². The minimum absolute atomic E-state index is 0.408. The number of hydrogen-bond acceptors (Lipinski definition) is 4. The number of furan rings is 1. The van der Waals surface area contributed by atoms with Gasteiger partial charge in [0.15, 0.2) is 5.76 Å². The number of benzene rings is 2. The van der Waals surface area contributed by atoms with E-state index in [1.165, 1.54) is 0 Å². The van der Waals surface area contributed by atoms with Gasteiger partial charge in [0.25, 0.3) is 0 Å². The molecule has 1 N–H and O–H groups in total. The standard InChI is InChI=1S/C18H14ClNO3/c1-22-14-8-7-13-15(16(14)19)17-18(23-13)12(21)9-11(20-17)10-5-3-2-4-6-10/h2-8,12,21H,9H2,1H3. The van der Waals surface area contributed by atoms with E-state index in [4.69, 9.17) is 25.7 Å². The maximum absolute atomic E-state index is 10.5. The number of fused-ring (bicyclic) bond motifs is 3. The normalized spacial score (nSPS) is 17.0. The summed E-state index contributed by atoms with van der Waals surface area (Å²) in [7, 11) is 1.56. The molecule has 116 valence electrons. The largest absolute Gasteiger partial charge is 0.495 e. The van der Waals surface area contributed by atoms with E-state index >= 15 is 0 Å². The van der Waals surface area contributed by atoms with E-state index in [0.717, 1.165) is 11.3 Å². The van der Waals surface area contributed by atoms with Crippen molar-refractivity contribution in [3.63, 3.8) is 0 Å². The molecule has 3 aromatic rings. The van der Waals surface area contributed by atoms with Gasteiger partial charge in [-0.1, -0.05) is 41.9 Å². The van der Waals surface area contributed by atoms with Crippen molar-refractivity contribution in [3.05, 3.63) is 58.8 Å². The van der Waals surface area contributed by atoms with Crippen molar-refractivity contribution in [1.82, 2.24) is 0 Å². The highest BCUT2D eigenvalue weighted by atomic mass is 35.5. The molecule has 1 aromatic heterocycles. The maximum Gasteiger partial charge on any atom is 0.159 e. The summed E-state index contributed by atoms with van der Waals surface area (Å²) in [5.41, 5.74) is 2.97. The SMILES string of the molecule is COc1ccc2oc3c(c2c1Cl)N=C(c1ccccc1)CC3O. The van der Waals surface area contributed by atoms with Gasteiger partial charge in [-0.2, -0.15) is 0 Å². The van der Waals surface area contributed by atoms with Crippen LogP contribution in [-0.4, -0.2) is 17.9 Å². The van der Waals surface area contributed by atoms with Gasteiger partial charge < -0.3 is 14.3 Å². The second kappa shape index (κ2) is 5.41. The Morgan fingerprint density at radius 2 is 2.00 bits per heavy atom. The molecule has 0 saturated heterocycles. The van der Waals surface area contributed by atoms with Crippen LogP contribution in [0.25, 0.3) is 11.0 Å². The zero-order valence-electron chi connectivity index (χ0n) is 12.4. The molecule has 0 saturated carbocycles. The lowest BCUT2D eigenvalue weighted by Crippen LogP contribution is -2.11. The van der Waals surface area contributed by atoms with Crippen molar-refractivity contribution >= 4 is 34.0 Å². The second-order valence-corrected chi connectivity index (χ2v) is 5.79. The molecule has 5 heteroatoms. The summed E-state index contributed by atoms with van der Waals surface area (Å²) in [4.78, 5) is 4.71. The molecule has 4 rings (SSSR count). The Hall–Kier alpha value is -2.30. The topological polar surface area (TPSA) is 55.0 Å². The first-order valence-corrected chi connectivity index (χ1v) is 7.66. The van der Waals surface area contributed by atoms with Crippen LogP contribution in [0.2, 0.25) is 5.02 Å². The Kier molecular flexibility index (Phi) is 3.36. The van der Waals surface area contributed by atoms with Gasteiger partial charge in [0, 0.05) is 6.42 Å². The van der Waals surface area contributed by atoms with Crippen LogP contribution in [0.1, 0.15) is 23.8 Å². The third kappa shape index (κ3) is 2.22. The van der Waals surface area contributed by atoms with Crippen molar-refractivity contribution in [2.45, 2.75) is 12.5 Å². The molecular weight excluding hydrogens is 314 g/mol.